The number of fused-ring (bicyclic) bond motifs is 1. The molecule has 114 valence electrons. The normalized spacial score (nSPS) is 13.0. The maximum absolute atomic E-state index is 5.89. The van der Waals surface area contributed by atoms with Gasteiger partial charge >= 0.3 is 0 Å². The third-order valence-corrected chi connectivity index (χ3v) is 5.46. The van der Waals surface area contributed by atoms with E-state index < -0.39 is 0 Å². The van der Waals surface area contributed by atoms with Crippen LogP contribution in [0.5, 0.6) is 0 Å². The summed E-state index contributed by atoms with van der Waals surface area (Å²) < 4.78 is 0. The molecule has 3 heterocycles. The second-order valence-electron chi connectivity index (χ2n) is 5.47. The molecule has 5 heteroatoms. The van der Waals surface area contributed by atoms with E-state index in [-0.39, 0.29) is 0 Å². The molecule has 1 aromatic carbocycles. The Morgan fingerprint density at radius 3 is 2.70 bits per heavy atom. The number of anilines is 1. The molecular weight excluding hydrogens is 326 g/mol. The summed E-state index contributed by atoms with van der Waals surface area (Å²) in [5.74, 6) is 0. The van der Waals surface area contributed by atoms with Gasteiger partial charge in [-0.15, -0.1) is 11.3 Å². The summed E-state index contributed by atoms with van der Waals surface area (Å²) in [5, 5.41) is 3.62. The number of nitrogens with two attached hydrogens (primary N) is 1. The Labute approximate surface area is 143 Å². The minimum absolute atomic E-state index is 0.344. The number of aromatic nitrogens is 1. The second kappa shape index (κ2) is 5.41. The van der Waals surface area contributed by atoms with Gasteiger partial charge in [0.1, 0.15) is 0 Å². The zero-order chi connectivity index (χ0) is 16.0. The summed E-state index contributed by atoms with van der Waals surface area (Å²) >= 11 is 7.61. The van der Waals surface area contributed by atoms with Gasteiger partial charge in [0.05, 0.1) is 5.69 Å². The summed E-state index contributed by atoms with van der Waals surface area (Å²) in [7, 11) is 0. The number of thiophene rings is 1. The molecular formula is C18H14ClN3S. The molecule has 0 unspecified atom stereocenters. The number of hydrogen-bond acceptors (Lipinski definition) is 4. The fourth-order valence-corrected chi connectivity index (χ4v) is 3.82. The van der Waals surface area contributed by atoms with Crippen LogP contribution in [-0.4, -0.2) is 4.98 Å². The first-order valence-corrected chi connectivity index (χ1v) is 8.39. The van der Waals surface area contributed by atoms with Gasteiger partial charge in [0.15, 0.2) is 5.15 Å². The highest BCUT2D eigenvalue weighted by Crippen LogP contribution is 2.37. The second-order valence-corrected chi connectivity index (χ2v) is 6.91. The monoisotopic (exact) mass is 339 g/mol. The van der Waals surface area contributed by atoms with Crippen LogP contribution in [0.25, 0.3) is 26.6 Å². The Balaban J connectivity index is 1.70. The molecule has 1 aliphatic rings. The lowest BCUT2D eigenvalue weighted by atomic mass is 10.0. The number of nitrogen functional groups attached to an aromatic ring is 1. The van der Waals surface area contributed by atoms with Gasteiger partial charge in [-0.05, 0) is 35.4 Å². The van der Waals surface area contributed by atoms with E-state index in [1.807, 2.05) is 6.07 Å². The Hall–Kier alpha value is -2.30. The van der Waals surface area contributed by atoms with Crippen LogP contribution in [0.3, 0.4) is 0 Å². The Morgan fingerprint density at radius 1 is 1.13 bits per heavy atom. The predicted molar refractivity (Wildman–Crippen MR) is 98.3 cm³/mol. The maximum Gasteiger partial charge on any atom is 0.151 e. The van der Waals surface area contributed by atoms with E-state index >= 15 is 0 Å². The van der Waals surface area contributed by atoms with E-state index in [1.54, 1.807) is 17.5 Å². The number of nitrogens with zero attached hydrogens (tertiary/aromatic N) is 1. The summed E-state index contributed by atoms with van der Waals surface area (Å²) in [5.41, 5.74) is 12.0. The fourth-order valence-electron chi connectivity index (χ4n) is 2.73. The van der Waals surface area contributed by atoms with Crippen LogP contribution in [0.1, 0.15) is 11.1 Å². The smallest absolute Gasteiger partial charge is 0.151 e. The van der Waals surface area contributed by atoms with Gasteiger partial charge in [-0.2, -0.15) is 0 Å². The lowest BCUT2D eigenvalue weighted by Crippen LogP contribution is -1.98. The first-order chi connectivity index (χ1) is 11.1. The van der Waals surface area contributed by atoms with Gasteiger partial charge in [-0.1, -0.05) is 30.3 Å². The van der Waals surface area contributed by atoms with Crippen LogP contribution >= 0.6 is 22.9 Å². The maximum atomic E-state index is 5.89. The molecule has 2 aromatic heterocycles. The van der Waals surface area contributed by atoms with Crippen molar-refractivity contribution in [3.8, 4) is 20.9 Å². The Bertz CT molecular complexity index is 930. The van der Waals surface area contributed by atoms with Crippen molar-refractivity contribution in [1.29, 1.82) is 0 Å². The van der Waals surface area contributed by atoms with Crippen molar-refractivity contribution in [2.45, 2.75) is 6.54 Å². The molecule has 3 nitrogen and oxygen atoms in total. The highest BCUT2D eigenvalue weighted by atomic mass is 35.5. The van der Waals surface area contributed by atoms with Crippen molar-refractivity contribution < 1.29 is 0 Å². The third kappa shape index (κ3) is 2.50. The van der Waals surface area contributed by atoms with Crippen molar-refractivity contribution in [3.63, 3.8) is 0 Å². The van der Waals surface area contributed by atoms with Crippen molar-refractivity contribution in [1.82, 2.24) is 10.3 Å². The summed E-state index contributed by atoms with van der Waals surface area (Å²) in [6, 6.07) is 12.6. The topological polar surface area (TPSA) is 50.9 Å². The molecule has 0 atom stereocenters. The van der Waals surface area contributed by atoms with Gasteiger partial charge in [0.2, 0.25) is 0 Å². The Kier molecular flexibility index (Phi) is 3.36. The van der Waals surface area contributed by atoms with E-state index in [2.05, 4.69) is 47.2 Å². The van der Waals surface area contributed by atoms with Gasteiger partial charge < -0.3 is 11.1 Å². The van der Waals surface area contributed by atoms with Crippen molar-refractivity contribution in [3.05, 3.63) is 65.5 Å². The number of pyridine rings is 1. The number of nitrogens with one attached hydrogen (secondary N) is 1. The minimum Gasteiger partial charge on any atom is -0.396 e. The summed E-state index contributed by atoms with van der Waals surface area (Å²) in [6.07, 6.45) is 1.75. The lowest BCUT2D eigenvalue weighted by molar-refractivity contribution is 0.946. The molecule has 1 aliphatic heterocycles. The number of halogens is 1. The van der Waals surface area contributed by atoms with E-state index in [1.165, 1.54) is 21.6 Å². The fraction of sp³-hybridized carbons (Fsp3) is 0.0556. The molecule has 4 rings (SSSR count). The third-order valence-electron chi connectivity index (χ3n) is 3.96. The van der Waals surface area contributed by atoms with Gasteiger partial charge in [-0.25, -0.2) is 4.98 Å². The molecule has 0 amide bonds. The molecule has 0 spiro atoms. The molecule has 0 fully saturated rings. The van der Waals surface area contributed by atoms with E-state index in [0.29, 0.717) is 10.8 Å². The predicted octanol–water partition coefficient (Wildman–Crippen LogP) is 4.79. The molecule has 3 N–H and O–H groups in total. The first-order valence-electron chi connectivity index (χ1n) is 7.19. The minimum atomic E-state index is 0.344. The van der Waals surface area contributed by atoms with Crippen LogP contribution in [-0.2, 0) is 6.54 Å². The number of benzene rings is 1. The molecule has 0 saturated heterocycles. The average Bonchev–Trinajstić information content (AvgIpc) is 3.17. The summed E-state index contributed by atoms with van der Waals surface area (Å²) in [4.78, 5) is 6.46. The molecule has 0 radical (unpaired) electrons. The first kappa shape index (κ1) is 14.3. The van der Waals surface area contributed by atoms with Crippen molar-refractivity contribution >= 4 is 34.3 Å². The van der Waals surface area contributed by atoms with Crippen molar-refractivity contribution in [2.24, 2.45) is 0 Å². The molecule has 0 bridgehead atoms. The van der Waals surface area contributed by atoms with Gasteiger partial charge in [0.25, 0.3) is 0 Å². The molecule has 3 aromatic rings. The van der Waals surface area contributed by atoms with Gasteiger partial charge in [-0.3, -0.25) is 0 Å². The zero-order valence-corrected chi connectivity index (χ0v) is 13.8. The van der Waals surface area contributed by atoms with E-state index in [4.69, 9.17) is 17.3 Å². The van der Waals surface area contributed by atoms with E-state index in [9.17, 15) is 0 Å². The number of hydrogen-bond donors (Lipinski definition) is 2. The van der Waals surface area contributed by atoms with Crippen LogP contribution < -0.4 is 11.1 Å². The SMILES string of the molecule is C=C1NCc2cc(-c3ccc(-c4cnc(Cl)c(N)c4)s3)ccc21. The Morgan fingerprint density at radius 2 is 1.91 bits per heavy atom. The molecule has 23 heavy (non-hydrogen) atoms. The van der Waals surface area contributed by atoms with Crippen LogP contribution in [0.15, 0.2) is 49.2 Å². The highest BCUT2D eigenvalue weighted by molar-refractivity contribution is 7.18. The quantitative estimate of drug-likeness (QED) is 0.660. The zero-order valence-electron chi connectivity index (χ0n) is 12.3. The average molecular weight is 340 g/mol. The molecule has 0 aliphatic carbocycles. The van der Waals surface area contributed by atoms with E-state index in [0.717, 1.165) is 22.7 Å². The molecule has 0 saturated carbocycles. The van der Waals surface area contributed by atoms with Gasteiger partial charge in [0, 0.05) is 39.3 Å². The lowest BCUT2D eigenvalue weighted by Gasteiger charge is -2.03. The number of rotatable bonds is 2. The van der Waals surface area contributed by atoms with Crippen molar-refractivity contribution in [2.75, 3.05) is 5.73 Å². The largest absolute Gasteiger partial charge is 0.396 e. The summed E-state index contributed by atoms with van der Waals surface area (Å²) in [6.45, 7) is 4.86. The van der Waals surface area contributed by atoms with Crippen LogP contribution in [0.2, 0.25) is 5.15 Å². The standard InChI is InChI=1S/C18H14ClN3S/c1-10-14-3-2-11(6-12(14)8-21-10)16-4-5-17(23-16)13-7-15(20)18(19)22-9-13/h2-7,9,21H,1,8,20H2. The highest BCUT2D eigenvalue weighted by Gasteiger charge is 2.15. The van der Waals surface area contributed by atoms with Crippen LogP contribution in [0, 0.1) is 0 Å². The van der Waals surface area contributed by atoms with Crippen LogP contribution in [0.4, 0.5) is 5.69 Å².